The van der Waals surface area contributed by atoms with Crippen LogP contribution in [0.15, 0.2) is 36.7 Å². The van der Waals surface area contributed by atoms with Gasteiger partial charge in [0.15, 0.2) is 5.69 Å². The molecule has 0 radical (unpaired) electrons. The summed E-state index contributed by atoms with van der Waals surface area (Å²) >= 11 is 0. The first-order valence-corrected chi connectivity index (χ1v) is 5.89. The number of carboxylic acids is 1. The Hall–Kier alpha value is -2.43. The first-order valence-electron chi connectivity index (χ1n) is 5.89. The first-order chi connectivity index (χ1) is 9.06. The summed E-state index contributed by atoms with van der Waals surface area (Å²) in [5, 5.41) is 8.81. The second-order valence-electron chi connectivity index (χ2n) is 4.37. The van der Waals surface area contributed by atoms with E-state index in [9.17, 15) is 4.79 Å². The summed E-state index contributed by atoms with van der Waals surface area (Å²) in [6.45, 7) is 4.22. The van der Waals surface area contributed by atoms with Crippen molar-refractivity contribution in [3.63, 3.8) is 0 Å². The molecule has 98 valence electrons. The van der Waals surface area contributed by atoms with Gasteiger partial charge in [-0.25, -0.2) is 9.78 Å². The van der Waals surface area contributed by atoms with Crippen LogP contribution in [0.3, 0.4) is 0 Å². The molecule has 2 rings (SSSR count). The highest BCUT2D eigenvalue weighted by atomic mass is 16.5. The highest BCUT2D eigenvalue weighted by Gasteiger charge is 2.07. The molecule has 1 aromatic carbocycles. The maximum absolute atomic E-state index is 10.8. The SMILES string of the molecule is CC(C)c1ccc(Oc2cncc(C(=O)O)n2)cc1. The zero-order chi connectivity index (χ0) is 13.8. The van der Waals surface area contributed by atoms with Crippen molar-refractivity contribution in [1.29, 1.82) is 0 Å². The number of nitrogens with zero attached hydrogens (tertiary/aromatic N) is 2. The van der Waals surface area contributed by atoms with Crippen LogP contribution < -0.4 is 4.74 Å². The van der Waals surface area contributed by atoms with Crippen LogP contribution in [0.25, 0.3) is 0 Å². The van der Waals surface area contributed by atoms with Crippen molar-refractivity contribution in [2.24, 2.45) is 0 Å². The van der Waals surface area contributed by atoms with Crippen molar-refractivity contribution in [1.82, 2.24) is 9.97 Å². The van der Waals surface area contributed by atoms with E-state index in [2.05, 4.69) is 23.8 Å². The van der Waals surface area contributed by atoms with Gasteiger partial charge < -0.3 is 9.84 Å². The van der Waals surface area contributed by atoms with E-state index in [1.807, 2.05) is 24.3 Å². The summed E-state index contributed by atoms with van der Waals surface area (Å²) in [5.74, 6) is 0.0794. The molecule has 0 bridgehead atoms. The van der Waals surface area contributed by atoms with Crippen LogP contribution in [0.2, 0.25) is 0 Å². The summed E-state index contributed by atoms with van der Waals surface area (Å²) in [7, 11) is 0. The third-order valence-electron chi connectivity index (χ3n) is 2.60. The molecule has 0 aliphatic carbocycles. The molecule has 1 heterocycles. The Morgan fingerprint density at radius 2 is 1.89 bits per heavy atom. The van der Waals surface area contributed by atoms with Crippen LogP contribution in [-0.4, -0.2) is 21.0 Å². The van der Waals surface area contributed by atoms with E-state index in [0.29, 0.717) is 11.7 Å². The van der Waals surface area contributed by atoms with E-state index < -0.39 is 5.97 Å². The highest BCUT2D eigenvalue weighted by Crippen LogP contribution is 2.22. The summed E-state index contributed by atoms with van der Waals surface area (Å²) in [6, 6.07) is 7.58. The van der Waals surface area contributed by atoms with Gasteiger partial charge in [0.1, 0.15) is 5.75 Å². The van der Waals surface area contributed by atoms with Crippen molar-refractivity contribution >= 4 is 5.97 Å². The predicted octanol–water partition coefficient (Wildman–Crippen LogP) is 3.09. The van der Waals surface area contributed by atoms with Crippen LogP contribution >= 0.6 is 0 Å². The smallest absolute Gasteiger partial charge is 0.356 e. The van der Waals surface area contributed by atoms with Gasteiger partial charge in [0, 0.05) is 0 Å². The maximum Gasteiger partial charge on any atom is 0.356 e. The molecule has 5 nitrogen and oxygen atoms in total. The second-order valence-corrected chi connectivity index (χ2v) is 4.37. The summed E-state index contributed by atoms with van der Waals surface area (Å²) in [4.78, 5) is 18.4. The minimum Gasteiger partial charge on any atom is -0.476 e. The number of rotatable bonds is 4. The van der Waals surface area contributed by atoms with Crippen molar-refractivity contribution in [2.45, 2.75) is 19.8 Å². The van der Waals surface area contributed by atoms with Crippen molar-refractivity contribution in [3.05, 3.63) is 47.9 Å². The molecule has 1 aromatic heterocycles. The van der Waals surface area contributed by atoms with Crippen molar-refractivity contribution in [3.8, 4) is 11.6 Å². The lowest BCUT2D eigenvalue weighted by molar-refractivity contribution is 0.0689. The molecule has 0 aliphatic rings. The van der Waals surface area contributed by atoms with E-state index in [4.69, 9.17) is 9.84 Å². The number of carboxylic acid groups (broad SMARTS) is 1. The van der Waals surface area contributed by atoms with E-state index in [0.717, 1.165) is 0 Å². The Bertz CT molecular complexity index is 579. The van der Waals surface area contributed by atoms with E-state index in [1.165, 1.54) is 18.0 Å². The van der Waals surface area contributed by atoms with Gasteiger partial charge in [0.05, 0.1) is 12.4 Å². The number of ether oxygens (including phenoxy) is 1. The van der Waals surface area contributed by atoms with Gasteiger partial charge in [0.2, 0.25) is 5.88 Å². The number of benzene rings is 1. The largest absolute Gasteiger partial charge is 0.476 e. The topological polar surface area (TPSA) is 72.3 Å². The fourth-order valence-electron chi connectivity index (χ4n) is 1.54. The molecule has 5 heteroatoms. The van der Waals surface area contributed by atoms with Crippen LogP contribution in [0.4, 0.5) is 0 Å². The van der Waals surface area contributed by atoms with Crippen molar-refractivity contribution < 1.29 is 14.6 Å². The molecule has 2 aromatic rings. The summed E-state index contributed by atoms with van der Waals surface area (Å²) in [5.41, 5.74) is 1.06. The zero-order valence-corrected chi connectivity index (χ0v) is 10.7. The van der Waals surface area contributed by atoms with Gasteiger partial charge in [-0.3, -0.25) is 4.98 Å². The summed E-state index contributed by atoms with van der Waals surface area (Å²) in [6.07, 6.45) is 2.56. The van der Waals surface area contributed by atoms with E-state index >= 15 is 0 Å². The number of aromatic nitrogens is 2. The maximum atomic E-state index is 10.8. The van der Waals surface area contributed by atoms with Gasteiger partial charge >= 0.3 is 5.97 Å². The normalized spacial score (nSPS) is 10.5. The lowest BCUT2D eigenvalue weighted by atomic mass is 10.0. The minimum atomic E-state index is -1.13. The molecule has 0 saturated heterocycles. The molecule has 0 fully saturated rings. The number of aromatic carboxylic acids is 1. The predicted molar refractivity (Wildman–Crippen MR) is 69.6 cm³/mol. The molecule has 0 aliphatic heterocycles. The Labute approximate surface area is 110 Å². The summed E-state index contributed by atoms with van der Waals surface area (Å²) < 4.78 is 5.47. The minimum absolute atomic E-state index is 0.142. The van der Waals surface area contributed by atoms with Gasteiger partial charge in [-0.2, -0.15) is 0 Å². The second kappa shape index (κ2) is 5.48. The molecule has 0 atom stereocenters. The van der Waals surface area contributed by atoms with E-state index in [1.54, 1.807) is 0 Å². The van der Waals surface area contributed by atoms with Gasteiger partial charge in [-0.15, -0.1) is 0 Å². The quantitative estimate of drug-likeness (QED) is 0.912. The van der Waals surface area contributed by atoms with Crippen LogP contribution in [0.5, 0.6) is 11.6 Å². The number of hydrogen-bond acceptors (Lipinski definition) is 4. The molecule has 0 amide bonds. The molecule has 1 N–H and O–H groups in total. The molecule has 0 spiro atoms. The highest BCUT2D eigenvalue weighted by molar-refractivity contribution is 5.84. The molecular weight excluding hydrogens is 244 g/mol. The molecule has 0 saturated carbocycles. The third-order valence-corrected chi connectivity index (χ3v) is 2.60. The van der Waals surface area contributed by atoms with Gasteiger partial charge in [0.25, 0.3) is 0 Å². The van der Waals surface area contributed by atoms with E-state index in [-0.39, 0.29) is 11.6 Å². The molecule has 0 unspecified atom stereocenters. The lowest BCUT2D eigenvalue weighted by Crippen LogP contribution is -2.02. The van der Waals surface area contributed by atoms with Crippen molar-refractivity contribution in [2.75, 3.05) is 0 Å². The molecule has 19 heavy (non-hydrogen) atoms. The first kappa shape index (κ1) is 13.0. The average molecular weight is 258 g/mol. The van der Waals surface area contributed by atoms with Gasteiger partial charge in [-0.05, 0) is 23.6 Å². The number of hydrogen-bond donors (Lipinski definition) is 1. The monoisotopic (exact) mass is 258 g/mol. The zero-order valence-electron chi connectivity index (χ0n) is 10.7. The number of carbonyl (C=O) groups is 1. The Morgan fingerprint density at radius 1 is 1.21 bits per heavy atom. The fraction of sp³-hybridized carbons (Fsp3) is 0.214. The lowest BCUT2D eigenvalue weighted by Gasteiger charge is -2.08. The Kier molecular flexibility index (Phi) is 3.75. The fourth-order valence-corrected chi connectivity index (χ4v) is 1.54. The van der Waals surface area contributed by atoms with Crippen LogP contribution in [0, 0.1) is 0 Å². The standard InChI is InChI=1S/C14H14N2O3/c1-9(2)10-3-5-11(6-4-10)19-13-8-15-7-12(16-13)14(17)18/h3-9H,1-2H3,(H,17,18). The molecular formula is C14H14N2O3. The third kappa shape index (κ3) is 3.28. The Balaban J connectivity index is 2.16. The van der Waals surface area contributed by atoms with Crippen LogP contribution in [-0.2, 0) is 0 Å². The average Bonchev–Trinajstić information content (AvgIpc) is 2.39. The van der Waals surface area contributed by atoms with Gasteiger partial charge in [-0.1, -0.05) is 26.0 Å². The Morgan fingerprint density at radius 3 is 2.47 bits per heavy atom. The van der Waals surface area contributed by atoms with Crippen LogP contribution in [0.1, 0.15) is 35.8 Å².